The molecule has 0 saturated heterocycles. The summed E-state index contributed by atoms with van der Waals surface area (Å²) in [5.74, 6) is 0. The fraction of sp³-hybridized carbons (Fsp3) is 0.154. The van der Waals surface area contributed by atoms with Crippen molar-refractivity contribution in [3.63, 3.8) is 0 Å². The highest BCUT2D eigenvalue weighted by atomic mass is 35.5. The van der Waals surface area contributed by atoms with Crippen LogP contribution in [0.4, 0.5) is 16.2 Å². The number of anilines is 1. The topological polar surface area (TPSA) is 75.5 Å². The van der Waals surface area contributed by atoms with E-state index in [0.29, 0.717) is 16.6 Å². The van der Waals surface area contributed by atoms with Crippen LogP contribution in [-0.2, 0) is 6.54 Å². The Labute approximate surface area is 130 Å². The summed E-state index contributed by atoms with van der Waals surface area (Å²) >= 11 is 7.24. The largest absolute Gasteiger partial charge is 0.322 e. The third-order valence-electron chi connectivity index (χ3n) is 2.68. The molecule has 0 radical (unpaired) electrons. The summed E-state index contributed by atoms with van der Waals surface area (Å²) in [5.41, 5.74) is 0.311. The molecule has 2 rings (SSSR count). The van der Waals surface area contributed by atoms with Gasteiger partial charge in [-0.05, 0) is 18.2 Å². The van der Waals surface area contributed by atoms with Gasteiger partial charge in [0.15, 0.2) is 0 Å². The molecule has 1 N–H and O–H groups in total. The number of urea groups is 1. The standard InChI is InChI=1S/C13H12ClN3O3S/c1-16(8-11-5-6-12(14)21-11)13(18)15-9-3-2-4-10(7-9)17(19)20/h2-7H,8H2,1H3,(H,15,18). The molecule has 0 atom stereocenters. The summed E-state index contributed by atoms with van der Waals surface area (Å²) < 4.78 is 0.664. The van der Waals surface area contributed by atoms with Gasteiger partial charge in [-0.25, -0.2) is 4.79 Å². The van der Waals surface area contributed by atoms with Gasteiger partial charge in [-0.2, -0.15) is 0 Å². The van der Waals surface area contributed by atoms with E-state index in [9.17, 15) is 14.9 Å². The Hall–Kier alpha value is -2.12. The van der Waals surface area contributed by atoms with Crippen LogP contribution < -0.4 is 5.32 Å². The van der Waals surface area contributed by atoms with E-state index < -0.39 is 4.92 Å². The Morgan fingerprint density at radius 1 is 1.43 bits per heavy atom. The van der Waals surface area contributed by atoms with Gasteiger partial charge in [-0.15, -0.1) is 11.3 Å². The zero-order valence-corrected chi connectivity index (χ0v) is 12.6. The van der Waals surface area contributed by atoms with Crippen molar-refractivity contribution >= 4 is 40.3 Å². The van der Waals surface area contributed by atoms with Crippen LogP contribution in [0.25, 0.3) is 0 Å². The molecule has 0 aliphatic heterocycles. The van der Waals surface area contributed by atoms with E-state index in [1.165, 1.54) is 34.4 Å². The first-order valence-corrected chi connectivity index (χ1v) is 7.16. The van der Waals surface area contributed by atoms with Crippen molar-refractivity contribution in [3.8, 4) is 0 Å². The lowest BCUT2D eigenvalue weighted by Gasteiger charge is -2.17. The number of rotatable bonds is 4. The van der Waals surface area contributed by atoms with Crippen LogP contribution in [0.3, 0.4) is 0 Å². The van der Waals surface area contributed by atoms with Crippen LogP contribution in [0.2, 0.25) is 4.34 Å². The molecule has 0 fully saturated rings. The number of carbonyl (C=O) groups excluding carboxylic acids is 1. The Morgan fingerprint density at radius 3 is 2.81 bits per heavy atom. The van der Waals surface area contributed by atoms with Crippen molar-refractivity contribution in [2.45, 2.75) is 6.54 Å². The number of benzene rings is 1. The average molecular weight is 326 g/mol. The second kappa shape index (κ2) is 6.55. The molecular weight excluding hydrogens is 314 g/mol. The lowest BCUT2D eigenvalue weighted by Crippen LogP contribution is -2.30. The number of nitrogens with zero attached hydrogens (tertiary/aromatic N) is 2. The summed E-state index contributed by atoms with van der Waals surface area (Å²) in [5, 5.41) is 13.3. The van der Waals surface area contributed by atoms with Gasteiger partial charge in [0.05, 0.1) is 15.8 Å². The van der Waals surface area contributed by atoms with Crippen LogP contribution in [0.5, 0.6) is 0 Å². The highest BCUT2D eigenvalue weighted by Gasteiger charge is 2.12. The number of nitro benzene ring substituents is 1. The molecule has 1 aromatic heterocycles. The normalized spacial score (nSPS) is 10.2. The number of hydrogen-bond acceptors (Lipinski definition) is 4. The van der Waals surface area contributed by atoms with Crippen molar-refractivity contribution in [1.29, 1.82) is 0 Å². The smallest absolute Gasteiger partial charge is 0.321 e. The molecule has 110 valence electrons. The number of carbonyl (C=O) groups is 1. The summed E-state index contributed by atoms with van der Waals surface area (Å²) in [6, 6.07) is 9.08. The zero-order chi connectivity index (χ0) is 15.4. The number of hydrogen-bond donors (Lipinski definition) is 1. The third kappa shape index (κ3) is 4.17. The molecule has 0 bridgehead atoms. The number of nitro groups is 1. The predicted octanol–water partition coefficient (Wildman–Crippen LogP) is 3.97. The second-order valence-electron chi connectivity index (χ2n) is 4.30. The first-order valence-electron chi connectivity index (χ1n) is 5.96. The maximum absolute atomic E-state index is 12.0. The molecule has 21 heavy (non-hydrogen) atoms. The maximum Gasteiger partial charge on any atom is 0.321 e. The van der Waals surface area contributed by atoms with E-state index in [0.717, 1.165) is 4.88 Å². The molecule has 1 aromatic carbocycles. The van der Waals surface area contributed by atoms with Crippen LogP contribution in [0.1, 0.15) is 4.88 Å². The molecule has 2 aromatic rings. The molecular formula is C13H12ClN3O3S. The minimum absolute atomic E-state index is 0.0690. The quantitative estimate of drug-likeness (QED) is 0.682. The highest BCUT2D eigenvalue weighted by Crippen LogP contribution is 2.23. The van der Waals surface area contributed by atoms with E-state index in [2.05, 4.69) is 5.32 Å². The summed E-state index contributed by atoms with van der Waals surface area (Å²) in [6.45, 7) is 0.415. The Bertz CT molecular complexity index is 674. The number of thiophene rings is 1. The maximum atomic E-state index is 12.0. The second-order valence-corrected chi connectivity index (χ2v) is 6.10. The number of amides is 2. The number of halogens is 1. The van der Waals surface area contributed by atoms with Gasteiger partial charge in [0.25, 0.3) is 5.69 Å². The van der Waals surface area contributed by atoms with Gasteiger partial charge in [0.2, 0.25) is 0 Å². The molecule has 0 unspecified atom stereocenters. The van der Waals surface area contributed by atoms with Gasteiger partial charge in [-0.3, -0.25) is 10.1 Å². The van der Waals surface area contributed by atoms with Crippen molar-refractivity contribution in [3.05, 3.63) is 55.7 Å². The highest BCUT2D eigenvalue weighted by molar-refractivity contribution is 7.16. The minimum atomic E-state index is -0.507. The first kappa shape index (κ1) is 15.3. The molecule has 6 nitrogen and oxygen atoms in total. The lowest BCUT2D eigenvalue weighted by molar-refractivity contribution is -0.384. The molecule has 0 aliphatic carbocycles. The van der Waals surface area contributed by atoms with Crippen molar-refractivity contribution in [2.24, 2.45) is 0 Å². The summed E-state index contributed by atoms with van der Waals surface area (Å²) in [6.07, 6.45) is 0. The van der Waals surface area contributed by atoms with Gasteiger partial charge in [0.1, 0.15) is 0 Å². The number of nitrogens with one attached hydrogen (secondary N) is 1. The SMILES string of the molecule is CN(Cc1ccc(Cl)s1)C(=O)Nc1cccc([N+](=O)[O-])c1. The molecule has 0 spiro atoms. The monoisotopic (exact) mass is 325 g/mol. The van der Waals surface area contributed by atoms with E-state index in [1.807, 2.05) is 6.07 Å². The van der Waals surface area contributed by atoms with Crippen LogP contribution >= 0.6 is 22.9 Å². The first-order chi connectivity index (χ1) is 9.95. The molecule has 0 saturated carbocycles. The van der Waals surface area contributed by atoms with Gasteiger partial charge >= 0.3 is 6.03 Å². The van der Waals surface area contributed by atoms with Crippen molar-refractivity contribution in [1.82, 2.24) is 4.90 Å². The number of non-ortho nitro benzene ring substituents is 1. The fourth-order valence-electron chi connectivity index (χ4n) is 1.66. The summed E-state index contributed by atoms with van der Waals surface area (Å²) in [7, 11) is 1.64. The van der Waals surface area contributed by atoms with Gasteiger partial charge in [0, 0.05) is 29.7 Å². The Kier molecular flexibility index (Phi) is 4.77. The molecule has 1 heterocycles. The van der Waals surface area contributed by atoms with E-state index in [4.69, 9.17) is 11.6 Å². The Balaban J connectivity index is 2.00. The Morgan fingerprint density at radius 2 is 2.19 bits per heavy atom. The van der Waals surface area contributed by atoms with Crippen LogP contribution in [0.15, 0.2) is 36.4 Å². The van der Waals surface area contributed by atoms with Crippen LogP contribution in [0, 0.1) is 10.1 Å². The van der Waals surface area contributed by atoms with E-state index in [-0.39, 0.29) is 11.7 Å². The third-order valence-corrected chi connectivity index (χ3v) is 3.89. The minimum Gasteiger partial charge on any atom is -0.322 e. The molecule has 8 heteroatoms. The fourth-order valence-corrected chi connectivity index (χ4v) is 2.80. The average Bonchev–Trinajstić information content (AvgIpc) is 2.84. The van der Waals surface area contributed by atoms with Gasteiger partial charge < -0.3 is 10.2 Å². The van der Waals surface area contributed by atoms with Crippen LogP contribution in [-0.4, -0.2) is 22.9 Å². The molecule has 0 aliphatic rings. The van der Waals surface area contributed by atoms with Crippen molar-refractivity contribution in [2.75, 3.05) is 12.4 Å². The van der Waals surface area contributed by atoms with Crippen molar-refractivity contribution < 1.29 is 9.72 Å². The van der Waals surface area contributed by atoms with E-state index >= 15 is 0 Å². The zero-order valence-electron chi connectivity index (χ0n) is 11.1. The summed E-state index contributed by atoms with van der Waals surface area (Å²) in [4.78, 5) is 24.6. The lowest BCUT2D eigenvalue weighted by atomic mass is 10.3. The van der Waals surface area contributed by atoms with E-state index in [1.54, 1.807) is 19.2 Å². The molecule has 2 amide bonds. The van der Waals surface area contributed by atoms with Gasteiger partial charge in [-0.1, -0.05) is 17.7 Å². The predicted molar refractivity (Wildman–Crippen MR) is 82.9 cm³/mol.